The average molecular weight is 557 g/mol. The topological polar surface area (TPSA) is 96.8 Å². The number of benzene rings is 2. The molecular formula is C31H30F2N6O2. The van der Waals surface area contributed by atoms with Crippen LogP contribution >= 0.6 is 0 Å². The van der Waals surface area contributed by atoms with Crippen molar-refractivity contribution in [1.82, 2.24) is 19.5 Å². The summed E-state index contributed by atoms with van der Waals surface area (Å²) in [6.07, 6.45) is 3.28. The Balaban J connectivity index is 1.21. The van der Waals surface area contributed by atoms with Crippen LogP contribution in [0.25, 0.3) is 16.9 Å². The molecule has 0 unspecified atom stereocenters. The Morgan fingerprint density at radius 3 is 2.56 bits per heavy atom. The van der Waals surface area contributed by atoms with Gasteiger partial charge in [-0.05, 0) is 80.1 Å². The number of fused-ring (bicyclic) bond motifs is 2. The summed E-state index contributed by atoms with van der Waals surface area (Å²) in [6, 6.07) is 13.0. The van der Waals surface area contributed by atoms with Crippen LogP contribution < -0.4 is 10.6 Å². The first kappa shape index (κ1) is 25.6. The second kappa shape index (κ2) is 9.64. The molecule has 2 aromatic heterocycles. The summed E-state index contributed by atoms with van der Waals surface area (Å²) in [5.74, 6) is -1.26. The Hall–Kier alpha value is -4.34. The lowest BCUT2D eigenvalue weighted by atomic mass is 9.93. The number of carbonyl (C=O) groups excluding carboxylic acids is 2. The maximum Gasteiger partial charge on any atom is 0.273 e. The summed E-state index contributed by atoms with van der Waals surface area (Å²) in [4.78, 5) is 33.7. The van der Waals surface area contributed by atoms with Crippen LogP contribution in [0, 0.1) is 17.6 Å². The van der Waals surface area contributed by atoms with Gasteiger partial charge in [0.1, 0.15) is 17.3 Å². The zero-order chi connectivity index (χ0) is 28.4. The zero-order valence-electron chi connectivity index (χ0n) is 22.7. The average Bonchev–Trinajstić information content (AvgIpc) is 3.51. The van der Waals surface area contributed by atoms with E-state index in [-0.39, 0.29) is 35.5 Å². The van der Waals surface area contributed by atoms with E-state index >= 15 is 4.39 Å². The van der Waals surface area contributed by atoms with Crippen molar-refractivity contribution in [3.63, 3.8) is 0 Å². The summed E-state index contributed by atoms with van der Waals surface area (Å²) in [6.45, 7) is 3.55. The van der Waals surface area contributed by atoms with Gasteiger partial charge in [0.2, 0.25) is 5.91 Å². The Labute approximate surface area is 235 Å². The van der Waals surface area contributed by atoms with Crippen LogP contribution in [0.4, 0.5) is 14.5 Å². The van der Waals surface area contributed by atoms with E-state index in [9.17, 15) is 14.0 Å². The molecule has 41 heavy (non-hydrogen) atoms. The third kappa shape index (κ3) is 4.51. The number of halogens is 2. The van der Waals surface area contributed by atoms with Crippen molar-refractivity contribution in [3.8, 4) is 11.3 Å². The van der Waals surface area contributed by atoms with E-state index in [4.69, 9.17) is 10.8 Å². The van der Waals surface area contributed by atoms with E-state index < -0.39 is 5.82 Å². The van der Waals surface area contributed by atoms with E-state index in [1.165, 1.54) is 18.2 Å². The SMILES string of the molecule is C[C@@H]1c2cc(F)ccc2CCN1C(=O)c1cc(C2CC2)n2nc(-c3ccc(N4CC[C@H](C(N)=O)C4)cc3F)cc2n1. The molecule has 2 fully saturated rings. The third-order valence-corrected chi connectivity index (χ3v) is 8.76. The molecule has 2 aliphatic heterocycles. The molecule has 1 aliphatic carbocycles. The quantitative estimate of drug-likeness (QED) is 0.387. The first-order chi connectivity index (χ1) is 19.8. The number of anilines is 1. The van der Waals surface area contributed by atoms with E-state index in [1.54, 1.807) is 33.7 Å². The van der Waals surface area contributed by atoms with Gasteiger partial charge in [0, 0.05) is 48.6 Å². The van der Waals surface area contributed by atoms with Crippen molar-refractivity contribution in [2.75, 3.05) is 24.5 Å². The fourth-order valence-corrected chi connectivity index (χ4v) is 6.25. The number of nitrogens with two attached hydrogens (primary N) is 1. The first-order valence-corrected chi connectivity index (χ1v) is 14.1. The van der Waals surface area contributed by atoms with Crippen LogP contribution in [0.5, 0.6) is 0 Å². The van der Waals surface area contributed by atoms with E-state index in [0.29, 0.717) is 60.8 Å². The smallest absolute Gasteiger partial charge is 0.273 e. The Morgan fingerprint density at radius 1 is 1.00 bits per heavy atom. The van der Waals surface area contributed by atoms with Crippen molar-refractivity contribution in [2.45, 2.75) is 44.6 Å². The van der Waals surface area contributed by atoms with E-state index in [2.05, 4.69) is 4.98 Å². The largest absolute Gasteiger partial charge is 0.371 e. The Morgan fingerprint density at radius 2 is 1.83 bits per heavy atom. The van der Waals surface area contributed by atoms with Gasteiger partial charge in [-0.2, -0.15) is 5.10 Å². The van der Waals surface area contributed by atoms with Crippen LogP contribution in [0.1, 0.15) is 65.5 Å². The van der Waals surface area contributed by atoms with E-state index in [0.717, 1.165) is 29.7 Å². The molecular weight excluding hydrogens is 526 g/mol. The molecule has 2 amide bonds. The highest BCUT2D eigenvalue weighted by Gasteiger charge is 2.33. The Kier molecular flexibility index (Phi) is 6.02. The molecule has 10 heteroatoms. The summed E-state index contributed by atoms with van der Waals surface area (Å²) < 4.78 is 31.1. The monoisotopic (exact) mass is 556 g/mol. The molecule has 1 saturated carbocycles. The lowest BCUT2D eigenvalue weighted by Gasteiger charge is -2.35. The number of hydrogen-bond acceptors (Lipinski definition) is 5. The first-order valence-electron chi connectivity index (χ1n) is 14.1. The van der Waals surface area contributed by atoms with Crippen LogP contribution in [0.2, 0.25) is 0 Å². The highest BCUT2D eigenvalue weighted by molar-refractivity contribution is 5.93. The van der Waals surface area contributed by atoms with Crippen molar-refractivity contribution >= 4 is 23.1 Å². The molecule has 0 spiro atoms. The highest BCUT2D eigenvalue weighted by atomic mass is 19.1. The fourth-order valence-electron chi connectivity index (χ4n) is 6.25. The molecule has 4 heterocycles. The van der Waals surface area contributed by atoms with Crippen molar-refractivity contribution in [2.24, 2.45) is 11.7 Å². The standard InChI is InChI=1S/C31H30F2N6O2/c1-17-24-12-21(32)5-4-18(24)9-11-38(17)31(41)27-14-28(19-2-3-19)39-29(35-27)15-26(36-39)23-7-6-22(13-25(23)33)37-10-8-20(16-37)30(34)40/h4-7,12-15,17,19-20H,2-3,8-11,16H2,1H3,(H2,34,40)/t17-,20+/m1/s1. The summed E-state index contributed by atoms with van der Waals surface area (Å²) in [5, 5.41) is 4.71. The van der Waals surface area contributed by atoms with Gasteiger partial charge >= 0.3 is 0 Å². The number of hydrogen-bond donors (Lipinski definition) is 1. The van der Waals surface area contributed by atoms with Crippen molar-refractivity contribution < 1.29 is 18.4 Å². The zero-order valence-corrected chi connectivity index (χ0v) is 22.7. The molecule has 8 nitrogen and oxygen atoms in total. The minimum absolute atomic E-state index is 0.213. The van der Waals surface area contributed by atoms with E-state index in [1.807, 2.05) is 17.9 Å². The fraction of sp³-hybridized carbons (Fsp3) is 0.355. The second-order valence-electron chi connectivity index (χ2n) is 11.4. The maximum absolute atomic E-state index is 15.4. The number of amides is 2. The molecule has 4 aromatic rings. The number of aromatic nitrogens is 3. The predicted molar refractivity (Wildman–Crippen MR) is 149 cm³/mol. The summed E-state index contributed by atoms with van der Waals surface area (Å²) in [7, 11) is 0. The minimum atomic E-state index is -0.425. The lowest BCUT2D eigenvalue weighted by Crippen LogP contribution is -2.39. The molecule has 2 N–H and O–H groups in total. The highest BCUT2D eigenvalue weighted by Crippen LogP contribution is 2.41. The summed E-state index contributed by atoms with van der Waals surface area (Å²) >= 11 is 0. The molecule has 3 aliphatic rings. The Bertz CT molecular complexity index is 1710. The van der Waals surface area contributed by atoms with Gasteiger partial charge in [-0.15, -0.1) is 0 Å². The van der Waals surface area contributed by atoms with Crippen LogP contribution in [0.3, 0.4) is 0 Å². The molecule has 0 bridgehead atoms. The minimum Gasteiger partial charge on any atom is -0.371 e. The van der Waals surface area contributed by atoms with Gasteiger partial charge in [-0.3, -0.25) is 9.59 Å². The number of primary amides is 1. The normalized spacial score (nSPS) is 20.5. The van der Waals surface area contributed by atoms with Gasteiger partial charge in [-0.25, -0.2) is 18.3 Å². The second-order valence-corrected chi connectivity index (χ2v) is 11.4. The van der Waals surface area contributed by atoms with Gasteiger partial charge in [0.15, 0.2) is 5.65 Å². The molecule has 210 valence electrons. The maximum atomic E-state index is 15.4. The van der Waals surface area contributed by atoms with Crippen LogP contribution in [-0.2, 0) is 11.2 Å². The predicted octanol–water partition coefficient (Wildman–Crippen LogP) is 4.62. The van der Waals surface area contributed by atoms with Crippen LogP contribution in [0.15, 0.2) is 48.5 Å². The van der Waals surface area contributed by atoms with Gasteiger partial charge in [-0.1, -0.05) is 6.07 Å². The third-order valence-electron chi connectivity index (χ3n) is 8.76. The molecule has 7 rings (SSSR count). The van der Waals surface area contributed by atoms with Gasteiger partial charge < -0.3 is 15.5 Å². The van der Waals surface area contributed by atoms with Crippen molar-refractivity contribution in [3.05, 3.63) is 82.7 Å². The number of rotatable bonds is 5. The van der Waals surface area contributed by atoms with Crippen molar-refractivity contribution in [1.29, 1.82) is 0 Å². The van der Waals surface area contributed by atoms with Crippen LogP contribution in [-0.4, -0.2) is 50.9 Å². The number of carbonyl (C=O) groups is 2. The number of nitrogens with zero attached hydrogens (tertiary/aromatic N) is 5. The van der Waals surface area contributed by atoms with Gasteiger partial charge in [0.05, 0.1) is 17.7 Å². The molecule has 0 radical (unpaired) electrons. The molecule has 1 saturated heterocycles. The lowest BCUT2D eigenvalue weighted by molar-refractivity contribution is -0.121. The molecule has 2 atom stereocenters. The van der Waals surface area contributed by atoms with Gasteiger partial charge in [0.25, 0.3) is 5.91 Å². The molecule has 2 aromatic carbocycles. The summed E-state index contributed by atoms with van der Waals surface area (Å²) in [5.41, 5.74) is 10.5.